The molecule has 0 amide bonds. The first kappa shape index (κ1) is 25.3. The number of aliphatic hydroxyl groups excluding tert-OH is 1. The molecule has 0 saturated carbocycles. The second-order valence-corrected chi connectivity index (χ2v) is 15.9. The lowest BCUT2D eigenvalue weighted by molar-refractivity contribution is -0.147. The quantitative estimate of drug-likeness (QED) is 0.290. The topological polar surface area (TPSA) is 72.8 Å². The van der Waals surface area contributed by atoms with Gasteiger partial charge in [0.1, 0.15) is 10.6 Å². The molecule has 2 rings (SSSR count). The van der Waals surface area contributed by atoms with E-state index in [1.54, 1.807) is 0 Å². The van der Waals surface area contributed by atoms with Crippen molar-refractivity contribution in [1.29, 1.82) is 0 Å². The summed E-state index contributed by atoms with van der Waals surface area (Å²) in [7, 11) is 0.228. The van der Waals surface area contributed by atoms with Crippen molar-refractivity contribution in [2.75, 3.05) is 13.7 Å². The Morgan fingerprint density at radius 3 is 2.39 bits per heavy atom. The van der Waals surface area contributed by atoms with Gasteiger partial charge in [-0.3, -0.25) is 9.59 Å². The van der Waals surface area contributed by atoms with Gasteiger partial charge in [-0.2, -0.15) is 0 Å². The van der Waals surface area contributed by atoms with Crippen molar-refractivity contribution in [3.63, 3.8) is 0 Å². The smallest absolute Gasteiger partial charge is 0.309 e. The molecule has 0 unspecified atom stereocenters. The van der Waals surface area contributed by atoms with E-state index in [4.69, 9.17) is 9.47 Å². The molecule has 2 atom stereocenters. The van der Waals surface area contributed by atoms with Crippen LogP contribution in [0.3, 0.4) is 0 Å². The first-order valence-corrected chi connectivity index (χ1v) is 15.1. The molecule has 0 saturated heterocycles. The number of esters is 1. The highest BCUT2D eigenvalue weighted by Crippen LogP contribution is 2.41. The van der Waals surface area contributed by atoms with Crippen LogP contribution in [-0.4, -0.2) is 38.6 Å². The van der Waals surface area contributed by atoms with Crippen LogP contribution in [0.5, 0.6) is 5.75 Å². The largest absolute Gasteiger partial charge is 0.495 e. The Morgan fingerprint density at radius 2 is 1.87 bits per heavy atom. The molecule has 1 N–H and O–H groups in total. The fourth-order valence-corrected chi connectivity index (χ4v) is 5.39. The number of aliphatic hydroxyl groups is 1. The lowest BCUT2D eigenvalue weighted by atomic mass is 9.84. The highest BCUT2D eigenvalue weighted by molar-refractivity contribution is 7.14. The molecule has 2 aromatic rings. The van der Waals surface area contributed by atoms with Crippen molar-refractivity contribution in [3.8, 4) is 5.75 Å². The summed E-state index contributed by atoms with van der Waals surface area (Å²) in [6, 6.07) is 8.62. The van der Waals surface area contributed by atoms with Crippen LogP contribution in [0.2, 0.25) is 25.7 Å². The fraction of sp³-hybridized carbons (Fsp3) is 0.500. The Labute approximate surface area is 190 Å². The van der Waals surface area contributed by atoms with E-state index in [0.29, 0.717) is 17.2 Å². The number of thiophene rings is 1. The maximum atomic E-state index is 13.0. The molecule has 0 aliphatic carbocycles. The summed E-state index contributed by atoms with van der Waals surface area (Å²) in [5.74, 6) is -0.578. The molecule has 0 spiro atoms. The Morgan fingerprint density at radius 1 is 1.19 bits per heavy atom. The maximum absolute atomic E-state index is 13.0. The van der Waals surface area contributed by atoms with E-state index in [1.165, 1.54) is 25.4 Å². The number of ether oxygens (including phenoxy) is 2. The number of hydrogen-bond donors (Lipinski definition) is 1. The highest BCUT2D eigenvalue weighted by atomic mass is 32.1. The number of rotatable bonds is 10. The number of carbonyl (C=O) groups excluding carboxylic acids is 2. The summed E-state index contributed by atoms with van der Waals surface area (Å²) in [6.45, 7) is 12.4. The van der Waals surface area contributed by atoms with Gasteiger partial charge >= 0.3 is 5.97 Å². The SMILES string of the molecule is COc1cc([C@@H](c2ccc(C)c(CO)c2)[C@H](C)C(=O)OCC[Si](C)(C)C)sc1C(C)=O. The standard InChI is InChI=1S/C24H34O5SSi/c1-15-8-9-18(12-19(15)14-25)22(16(2)24(27)29-10-11-31(5,6)7)21-13-20(28-4)23(30-21)17(3)26/h8-9,12-13,16,22,25H,10-11,14H2,1-7H3/t16-,22+/m0/s1. The van der Waals surface area contributed by atoms with E-state index in [-0.39, 0.29) is 24.3 Å². The molecule has 0 aliphatic rings. The Bertz CT molecular complexity index is 929. The molecule has 170 valence electrons. The predicted octanol–water partition coefficient (Wildman–Crippen LogP) is 5.41. The first-order valence-electron chi connectivity index (χ1n) is 10.5. The maximum Gasteiger partial charge on any atom is 0.309 e. The van der Waals surface area contributed by atoms with Crippen LogP contribution in [0.15, 0.2) is 24.3 Å². The third-order valence-electron chi connectivity index (χ3n) is 5.43. The Kier molecular flexibility index (Phi) is 8.62. The van der Waals surface area contributed by atoms with Crippen molar-refractivity contribution in [2.24, 2.45) is 5.92 Å². The Balaban J connectivity index is 2.46. The van der Waals surface area contributed by atoms with Crippen LogP contribution in [0.1, 0.15) is 51.0 Å². The molecule has 31 heavy (non-hydrogen) atoms. The van der Waals surface area contributed by atoms with Gasteiger partial charge in [0.15, 0.2) is 5.78 Å². The number of benzene rings is 1. The van der Waals surface area contributed by atoms with Crippen LogP contribution in [-0.2, 0) is 16.1 Å². The molecule has 0 fully saturated rings. The van der Waals surface area contributed by atoms with Gasteiger partial charge in [-0.1, -0.05) is 44.8 Å². The Hall–Kier alpha value is -1.96. The minimum Gasteiger partial charge on any atom is -0.495 e. The van der Waals surface area contributed by atoms with E-state index in [9.17, 15) is 14.7 Å². The number of ketones is 1. The number of Topliss-reactive ketones (excluding diaryl/α,β-unsaturated/α-hetero) is 1. The van der Waals surface area contributed by atoms with E-state index < -0.39 is 14.0 Å². The molecule has 0 aliphatic heterocycles. The zero-order chi connectivity index (χ0) is 23.3. The zero-order valence-corrected chi connectivity index (χ0v) is 21.4. The molecule has 0 radical (unpaired) electrons. The van der Waals surface area contributed by atoms with Crippen molar-refractivity contribution < 1.29 is 24.2 Å². The van der Waals surface area contributed by atoms with E-state index in [2.05, 4.69) is 19.6 Å². The molecule has 5 nitrogen and oxygen atoms in total. The van der Waals surface area contributed by atoms with E-state index in [0.717, 1.165) is 27.6 Å². The average molecular weight is 463 g/mol. The minimum atomic E-state index is -1.31. The van der Waals surface area contributed by atoms with Crippen LogP contribution >= 0.6 is 11.3 Å². The number of hydrogen-bond acceptors (Lipinski definition) is 6. The summed E-state index contributed by atoms with van der Waals surface area (Å²) in [5, 5.41) is 9.74. The van der Waals surface area contributed by atoms with E-state index in [1.807, 2.05) is 38.1 Å². The zero-order valence-electron chi connectivity index (χ0n) is 19.6. The third kappa shape index (κ3) is 6.51. The molecule has 1 heterocycles. The highest BCUT2D eigenvalue weighted by Gasteiger charge is 2.32. The molecule has 1 aromatic carbocycles. The van der Waals surface area contributed by atoms with Gasteiger partial charge in [0.2, 0.25) is 0 Å². The molecule has 1 aromatic heterocycles. The van der Waals surface area contributed by atoms with Crippen LogP contribution in [0.25, 0.3) is 0 Å². The third-order valence-corrected chi connectivity index (χ3v) is 8.44. The molecular formula is C24H34O5SSi. The summed E-state index contributed by atoms with van der Waals surface area (Å²) in [5.41, 5.74) is 2.71. The summed E-state index contributed by atoms with van der Waals surface area (Å²) in [6.07, 6.45) is 0. The fourth-order valence-electron chi connectivity index (χ4n) is 3.42. The van der Waals surface area contributed by atoms with Gasteiger partial charge in [0, 0.05) is 25.8 Å². The molecular weight excluding hydrogens is 428 g/mol. The number of aryl methyl sites for hydroxylation is 1. The van der Waals surface area contributed by atoms with E-state index >= 15 is 0 Å². The normalized spacial score (nSPS) is 13.5. The number of methoxy groups -OCH3 is 1. The van der Waals surface area contributed by atoms with Gasteiger partial charge in [-0.05, 0) is 35.7 Å². The van der Waals surface area contributed by atoms with Crippen LogP contribution in [0.4, 0.5) is 0 Å². The van der Waals surface area contributed by atoms with Crippen LogP contribution in [0, 0.1) is 12.8 Å². The second-order valence-electron chi connectivity index (χ2n) is 9.19. The van der Waals surface area contributed by atoms with Crippen molar-refractivity contribution in [3.05, 3.63) is 50.7 Å². The van der Waals surface area contributed by atoms with Gasteiger partial charge in [0.25, 0.3) is 0 Å². The van der Waals surface area contributed by atoms with Gasteiger partial charge < -0.3 is 14.6 Å². The minimum absolute atomic E-state index is 0.0721. The summed E-state index contributed by atoms with van der Waals surface area (Å²) < 4.78 is 11.1. The first-order chi connectivity index (χ1) is 14.5. The summed E-state index contributed by atoms with van der Waals surface area (Å²) in [4.78, 5) is 26.5. The lowest BCUT2D eigenvalue weighted by Gasteiger charge is -2.24. The lowest BCUT2D eigenvalue weighted by Crippen LogP contribution is -2.26. The average Bonchev–Trinajstić information content (AvgIpc) is 3.12. The predicted molar refractivity (Wildman–Crippen MR) is 128 cm³/mol. The van der Waals surface area contributed by atoms with Gasteiger partial charge in [0.05, 0.1) is 26.2 Å². The van der Waals surface area contributed by atoms with Crippen molar-refractivity contribution >= 4 is 31.2 Å². The molecule has 7 heteroatoms. The van der Waals surface area contributed by atoms with Gasteiger partial charge in [-0.25, -0.2) is 0 Å². The monoisotopic (exact) mass is 462 g/mol. The van der Waals surface area contributed by atoms with Crippen LogP contribution < -0.4 is 4.74 Å². The van der Waals surface area contributed by atoms with Gasteiger partial charge in [-0.15, -0.1) is 11.3 Å². The molecule has 0 bridgehead atoms. The summed E-state index contributed by atoms with van der Waals surface area (Å²) >= 11 is 1.35. The second kappa shape index (κ2) is 10.6. The van der Waals surface area contributed by atoms with Crippen molar-refractivity contribution in [1.82, 2.24) is 0 Å². The van der Waals surface area contributed by atoms with Crippen molar-refractivity contribution in [2.45, 2.75) is 59.0 Å². The number of carbonyl (C=O) groups is 2.